The summed E-state index contributed by atoms with van der Waals surface area (Å²) in [6, 6.07) is 16.1. The van der Waals surface area contributed by atoms with E-state index in [1.54, 1.807) is 30.3 Å². The average molecular weight is 466 g/mol. The molecule has 3 rings (SSSR count). The van der Waals surface area contributed by atoms with Crippen LogP contribution in [0.1, 0.15) is 27.0 Å². The molecule has 0 saturated carbocycles. The summed E-state index contributed by atoms with van der Waals surface area (Å²) in [6.07, 6.45) is -4.79. The van der Waals surface area contributed by atoms with Crippen molar-refractivity contribution in [2.75, 3.05) is 0 Å². The van der Waals surface area contributed by atoms with Crippen LogP contribution in [-0.4, -0.2) is 14.3 Å². The quantitative estimate of drug-likeness (QED) is 0.511. The van der Waals surface area contributed by atoms with Gasteiger partial charge in [-0.15, -0.1) is 0 Å². The Labute approximate surface area is 182 Å². The minimum absolute atomic E-state index is 0.0460. The molecule has 0 unspecified atom stereocenters. The number of benzene rings is 3. The number of amides is 1. The second-order valence-corrected chi connectivity index (χ2v) is 8.59. The molecule has 0 radical (unpaired) electrons. The number of carbonyl (C=O) groups is 1. The largest absolute Gasteiger partial charge is 0.416 e. The molecule has 0 bridgehead atoms. The molecule has 0 aliphatic heterocycles. The van der Waals surface area contributed by atoms with Crippen molar-refractivity contribution >= 4 is 15.9 Å². The van der Waals surface area contributed by atoms with Crippen LogP contribution >= 0.6 is 0 Å². The molecule has 0 aromatic heterocycles. The maximum Gasteiger partial charge on any atom is 0.416 e. The van der Waals surface area contributed by atoms with Gasteiger partial charge in [0, 0.05) is 18.7 Å². The minimum atomic E-state index is -4.79. The molecule has 2 N–H and O–H groups in total. The maximum atomic E-state index is 13.2. The molecular formula is C22H18F4N2O3S. The van der Waals surface area contributed by atoms with Crippen molar-refractivity contribution < 1.29 is 30.8 Å². The molecule has 3 aromatic rings. The Morgan fingerprint density at radius 1 is 0.875 bits per heavy atom. The van der Waals surface area contributed by atoms with E-state index in [1.165, 1.54) is 18.2 Å². The second-order valence-electron chi connectivity index (χ2n) is 6.82. The van der Waals surface area contributed by atoms with Gasteiger partial charge in [0.1, 0.15) is 5.82 Å². The van der Waals surface area contributed by atoms with E-state index in [2.05, 4.69) is 10.0 Å². The first-order chi connectivity index (χ1) is 15.1. The molecule has 10 heteroatoms. The molecule has 0 atom stereocenters. The van der Waals surface area contributed by atoms with Gasteiger partial charge in [0.25, 0.3) is 5.91 Å². The van der Waals surface area contributed by atoms with E-state index in [4.69, 9.17) is 0 Å². The van der Waals surface area contributed by atoms with E-state index in [1.807, 2.05) is 0 Å². The number of hydrogen-bond donors (Lipinski definition) is 2. The van der Waals surface area contributed by atoms with Crippen molar-refractivity contribution in [2.45, 2.75) is 24.2 Å². The molecule has 32 heavy (non-hydrogen) atoms. The van der Waals surface area contributed by atoms with Crippen LogP contribution in [-0.2, 0) is 29.3 Å². The third-order valence-corrected chi connectivity index (χ3v) is 5.93. The summed E-state index contributed by atoms with van der Waals surface area (Å²) in [5, 5.41) is 2.31. The summed E-state index contributed by atoms with van der Waals surface area (Å²) in [4.78, 5) is 12.3. The van der Waals surface area contributed by atoms with Crippen LogP contribution in [0.15, 0.2) is 77.7 Å². The van der Waals surface area contributed by atoms with Gasteiger partial charge in [-0.3, -0.25) is 4.79 Å². The van der Waals surface area contributed by atoms with Gasteiger partial charge in [0.05, 0.1) is 10.5 Å². The van der Waals surface area contributed by atoms with E-state index >= 15 is 0 Å². The first-order valence-electron chi connectivity index (χ1n) is 9.34. The lowest BCUT2D eigenvalue weighted by atomic mass is 10.1. The van der Waals surface area contributed by atoms with Crippen molar-refractivity contribution in [1.82, 2.24) is 10.0 Å². The Bertz CT molecular complexity index is 1210. The van der Waals surface area contributed by atoms with Gasteiger partial charge in [-0.2, -0.15) is 13.2 Å². The Morgan fingerprint density at radius 3 is 2.28 bits per heavy atom. The minimum Gasteiger partial charge on any atom is -0.348 e. The predicted octanol–water partition coefficient (Wildman–Crippen LogP) is 4.25. The number of nitrogens with one attached hydrogen (secondary N) is 2. The summed E-state index contributed by atoms with van der Waals surface area (Å²) in [6.45, 7) is -0.471. The Morgan fingerprint density at radius 2 is 1.59 bits per heavy atom. The third-order valence-electron chi connectivity index (χ3n) is 4.53. The molecule has 0 fully saturated rings. The first kappa shape index (κ1) is 23.4. The highest BCUT2D eigenvalue weighted by Gasteiger charge is 2.33. The normalized spacial score (nSPS) is 11.9. The maximum absolute atomic E-state index is 13.2. The topological polar surface area (TPSA) is 75.3 Å². The van der Waals surface area contributed by atoms with E-state index in [-0.39, 0.29) is 22.6 Å². The molecule has 3 aromatic carbocycles. The Hall–Kier alpha value is -3.24. The molecule has 1 amide bonds. The van der Waals surface area contributed by atoms with E-state index in [9.17, 15) is 30.8 Å². The van der Waals surface area contributed by atoms with Crippen molar-refractivity contribution in [1.29, 1.82) is 0 Å². The molecule has 0 heterocycles. The van der Waals surface area contributed by atoms with Crippen LogP contribution in [0, 0.1) is 5.82 Å². The van der Waals surface area contributed by atoms with Gasteiger partial charge >= 0.3 is 6.18 Å². The van der Waals surface area contributed by atoms with Gasteiger partial charge in [-0.25, -0.2) is 17.5 Å². The summed E-state index contributed by atoms with van der Waals surface area (Å²) in [5.41, 5.74) is -0.826. The fraction of sp³-hybridized carbons (Fsp3) is 0.136. The molecule has 5 nitrogen and oxygen atoms in total. The molecule has 168 valence electrons. The summed E-state index contributed by atoms with van der Waals surface area (Å²) in [7, 11) is -3.93. The predicted molar refractivity (Wildman–Crippen MR) is 109 cm³/mol. The van der Waals surface area contributed by atoms with Crippen molar-refractivity contribution in [3.63, 3.8) is 0 Å². The molecular weight excluding hydrogens is 448 g/mol. The molecule has 0 saturated heterocycles. The summed E-state index contributed by atoms with van der Waals surface area (Å²) < 4.78 is 80.0. The van der Waals surface area contributed by atoms with Gasteiger partial charge in [0.2, 0.25) is 10.0 Å². The molecule has 0 spiro atoms. The average Bonchev–Trinajstić information content (AvgIpc) is 2.77. The summed E-state index contributed by atoms with van der Waals surface area (Å²) >= 11 is 0. The fourth-order valence-corrected chi connectivity index (χ4v) is 3.97. The van der Waals surface area contributed by atoms with Gasteiger partial charge in [-0.1, -0.05) is 42.5 Å². The smallest absolute Gasteiger partial charge is 0.348 e. The van der Waals surface area contributed by atoms with Crippen LogP contribution in [0.25, 0.3) is 0 Å². The number of hydrogen-bond acceptors (Lipinski definition) is 3. The lowest BCUT2D eigenvalue weighted by Crippen LogP contribution is -2.26. The van der Waals surface area contributed by atoms with Gasteiger partial charge in [-0.05, 0) is 41.5 Å². The summed E-state index contributed by atoms with van der Waals surface area (Å²) in [5.74, 6) is -1.82. The monoisotopic (exact) mass is 466 g/mol. The Balaban J connectivity index is 1.72. The van der Waals surface area contributed by atoms with Crippen LogP contribution in [0.5, 0.6) is 0 Å². The van der Waals surface area contributed by atoms with Crippen molar-refractivity contribution in [3.05, 3.63) is 101 Å². The number of rotatable bonds is 7. The zero-order valence-corrected chi connectivity index (χ0v) is 17.3. The van der Waals surface area contributed by atoms with E-state index in [0.717, 1.165) is 23.8 Å². The SMILES string of the molecule is O=C(NCc1ccc(F)cc1C(F)(F)F)c1cccc(S(=O)(=O)NCc2ccccc2)c1. The standard InChI is InChI=1S/C22H18F4N2O3S/c23-18-10-9-17(20(12-18)22(24,25)26)14-27-21(29)16-7-4-8-19(11-16)32(30,31)28-13-15-5-2-1-3-6-15/h1-12,28H,13-14H2,(H,27,29). The number of sulfonamides is 1. The highest BCUT2D eigenvalue weighted by Crippen LogP contribution is 2.32. The third kappa shape index (κ3) is 5.92. The van der Waals surface area contributed by atoms with Gasteiger partial charge in [0.15, 0.2) is 0 Å². The lowest BCUT2D eigenvalue weighted by Gasteiger charge is -2.14. The number of alkyl halides is 3. The van der Waals surface area contributed by atoms with Crippen molar-refractivity contribution in [2.24, 2.45) is 0 Å². The number of halogens is 4. The second kappa shape index (κ2) is 9.49. The van der Waals surface area contributed by atoms with Crippen LogP contribution in [0.2, 0.25) is 0 Å². The van der Waals surface area contributed by atoms with Crippen LogP contribution < -0.4 is 10.0 Å². The first-order valence-corrected chi connectivity index (χ1v) is 10.8. The van der Waals surface area contributed by atoms with Crippen LogP contribution in [0.3, 0.4) is 0 Å². The zero-order valence-electron chi connectivity index (χ0n) is 16.5. The Kier molecular flexibility index (Phi) is 6.95. The number of carbonyl (C=O) groups excluding carboxylic acids is 1. The molecule has 0 aliphatic carbocycles. The fourth-order valence-electron chi connectivity index (χ4n) is 2.91. The van der Waals surface area contributed by atoms with E-state index < -0.39 is 40.0 Å². The highest BCUT2D eigenvalue weighted by molar-refractivity contribution is 7.89. The van der Waals surface area contributed by atoms with Crippen LogP contribution in [0.4, 0.5) is 17.6 Å². The lowest BCUT2D eigenvalue weighted by molar-refractivity contribution is -0.138. The zero-order chi connectivity index (χ0) is 23.4. The van der Waals surface area contributed by atoms with E-state index in [0.29, 0.717) is 6.07 Å². The van der Waals surface area contributed by atoms with Crippen molar-refractivity contribution in [3.8, 4) is 0 Å². The highest BCUT2D eigenvalue weighted by atomic mass is 32.2. The molecule has 0 aliphatic rings. The van der Waals surface area contributed by atoms with Gasteiger partial charge < -0.3 is 5.32 Å².